The van der Waals surface area contributed by atoms with Crippen molar-refractivity contribution in [2.75, 3.05) is 19.6 Å². The third kappa shape index (κ3) is 5.62. The first-order valence-corrected chi connectivity index (χ1v) is 10.8. The molecule has 1 aliphatic rings. The molecule has 0 saturated carbocycles. The van der Waals surface area contributed by atoms with Gasteiger partial charge < -0.3 is 10.0 Å². The average molecular weight is 473 g/mol. The topological polar surface area (TPSA) is 108 Å². The minimum atomic E-state index is -4.53. The maximum atomic E-state index is 12.8. The quantitative estimate of drug-likeness (QED) is 0.687. The van der Waals surface area contributed by atoms with E-state index in [1.807, 2.05) is 0 Å². The molecule has 32 heavy (non-hydrogen) atoms. The Hall–Kier alpha value is -2.99. The van der Waals surface area contributed by atoms with E-state index in [-0.39, 0.29) is 36.9 Å². The molecular weight excluding hydrogens is 451 g/mol. The second-order valence-electron chi connectivity index (χ2n) is 6.97. The highest BCUT2D eigenvalue weighted by atomic mass is 32.2. The number of halogens is 3. The van der Waals surface area contributed by atoms with Crippen LogP contribution in [-0.2, 0) is 21.0 Å². The van der Waals surface area contributed by atoms with Crippen molar-refractivity contribution in [3.63, 3.8) is 0 Å². The Morgan fingerprint density at radius 2 is 1.78 bits per heavy atom. The molecule has 0 bridgehead atoms. The predicted octanol–water partition coefficient (Wildman–Crippen LogP) is 2.64. The van der Waals surface area contributed by atoms with E-state index in [1.165, 1.54) is 4.31 Å². The third-order valence-electron chi connectivity index (χ3n) is 4.91. The van der Waals surface area contributed by atoms with Crippen molar-refractivity contribution in [3.8, 4) is 0 Å². The number of hydrogen-bond acceptors (Lipinski definition) is 5. The van der Waals surface area contributed by atoms with Gasteiger partial charge in [0.15, 0.2) is 0 Å². The van der Waals surface area contributed by atoms with Gasteiger partial charge in [-0.2, -0.15) is 17.5 Å². The molecule has 1 atom stereocenters. The van der Waals surface area contributed by atoms with Crippen LogP contribution in [0.25, 0.3) is 0 Å². The molecular formula is C20H22F3N3O5S. The molecule has 1 aromatic carbocycles. The van der Waals surface area contributed by atoms with Gasteiger partial charge in [0.25, 0.3) is 12.4 Å². The number of carboxylic acid groups (broad SMARTS) is 1. The zero-order valence-corrected chi connectivity index (χ0v) is 18.1. The molecule has 3 rings (SSSR count). The molecule has 1 amide bonds. The zero-order chi connectivity index (χ0) is 24.1. The number of carbonyl (C=O) groups excluding carboxylic acids is 1. The first-order valence-electron chi connectivity index (χ1n) is 9.41. The highest BCUT2D eigenvalue weighted by Gasteiger charge is 2.36. The predicted molar refractivity (Wildman–Crippen MR) is 108 cm³/mol. The van der Waals surface area contributed by atoms with Crippen molar-refractivity contribution in [2.45, 2.75) is 31.0 Å². The molecule has 2 heterocycles. The van der Waals surface area contributed by atoms with Crippen molar-refractivity contribution >= 4 is 22.4 Å². The summed E-state index contributed by atoms with van der Waals surface area (Å²) in [6, 6.07) is 6.35. The molecule has 1 N–H and O–H groups in total. The Morgan fingerprint density at radius 1 is 1.19 bits per heavy atom. The summed E-state index contributed by atoms with van der Waals surface area (Å²) in [5.74, 6) is -0.227. The summed E-state index contributed by atoms with van der Waals surface area (Å²) in [4.78, 5) is 26.6. The van der Waals surface area contributed by atoms with E-state index in [1.54, 1.807) is 37.1 Å². The minimum Gasteiger partial charge on any atom is -0.483 e. The van der Waals surface area contributed by atoms with Crippen molar-refractivity contribution in [1.29, 1.82) is 0 Å². The Kier molecular flexibility index (Phi) is 7.97. The smallest absolute Gasteiger partial charge is 0.416 e. The van der Waals surface area contributed by atoms with Crippen LogP contribution in [0, 0.1) is 6.92 Å². The monoisotopic (exact) mass is 473 g/mol. The fraction of sp³-hybridized carbons (Fsp3) is 0.350. The number of alkyl halides is 3. The Balaban J connectivity index is 0.00000114. The zero-order valence-electron chi connectivity index (χ0n) is 17.3. The van der Waals surface area contributed by atoms with Crippen LogP contribution >= 0.6 is 0 Å². The van der Waals surface area contributed by atoms with E-state index in [0.717, 1.165) is 24.3 Å². The second kappa shape index (κ2) is 10.1. The molecule has 0 aliphatic carbocycles. The summed E-state index contributed by atoms with van der Waals surface area (Å²) in [6.45, 7) is 3.49. The highest BCUT2D eigenvalue weighted by Crippen LogP contribution is 2.30. The first-order chi connectivity index (χ1) is 14.9. The van der Waals surface area contributed by atoms with Gasteiger partial charge in [-0.25, -0.2) is 8.42 Å². The number of pyridine rings is 1. The molecule has 1 saturated heterocycles. The molecule has 1 aromatic heterocycles. The summed E-state index contributed by atoms with van der Waals surface area (Å²) in [6.07, 6.45) is -2.95. The van der Waals surface area contributed by atoms with E-state index >= 15 is 0 Å². The fourth-order valence-electron chi connectivity index (χ4n) is 3.27. The van der Waals surface area contributed by atoms with E-state index in [0.29, 0.717) is 11.3 Å². The Morgan fingerprint density at radius 3 is 2.28 bits per heavy atom. The summed E-state index contributed by atoms with van der Waals surface area (Å²) >= 11 is 0. The number of hydrogen-bond donors (Lipinski definition) is 1. The molecule has 1 aliphatic heterocycles. The van der Waals surface area contributed by atoms with E-state index in [2.05, 4.69) is 4.98 Å². The van der Waals surface area contributed by atoms with Gasteiger partial charge in [0.2, 0.25) is 10.0 Å². The van der Waals surface area contributed by atoms with E-state index < -0.39 is 27.8 Å². The van der Waals surface area contributed by atoms with Gasteiger partial charge >= 0.3 is 6.18 Å². The van der Waals surface area contributed by atoms with Gasteiger partial charge in [0.1, 0.15) is 0 Å². The largest absolute Gasteiger partial charge is 0.483 e. The van der Waals surface area contributed by atoms with Crippen LogP contribution in [0.3, 0.4) is 0 Å². The number of aromatic nitrogens is 1. The van der Waals surface area contributed by atoms with Crippen LogP contribution in [0.15, 0.2) is 47.5 Å². The summed E-state index contributed by atoms with van der Waals surface area (Å²) in [5, 5.41) is 6.89. The Labute approximate surface area is 183 Å². The van der Waals surface area contributed by atoms with E-state index in [4.69, 9.17) is 9.90 Å². The molecule has 0 unspecified atom stereocenters. The van der Waals surface area contributed by atoms with Crippen LogP contribution in [0.1, 0.15) is 28.5 Å². The Bertz CT molecular complexity index is 1060. The standard InChI is InChI=1S/C19H20F3N3O3S.CH2O2/c1-13-12-24(10-11-25(13)18(26)17-4-3-9-23-14(17)2)29(27,28)16-7-5-15(6-8-16)19(20,21)22;2-1-3/h3-9,13H,10-12H2,1-2H3;1H,(H,2,3)/t13-;/m1./s1. The van der Waals surface area contributed by atoms with Crippen LogP contribution in [-0.4, -0.2) is 65.8 Å². The van der Waals surface area contributed by atoms with Gasteiger partial charge in [-0.1, -0.05) is 0 Å². The fourth-order valence-corrected chi connectivity index (χ4v) is 4.79. The SMILES string of the molecule is Cc1ncccc1C(=O)N1CCN(S(=O)(=O)c2ccc(C(F)(F)F)cc2)C[C@H]1C.O=CO. The van der Waals surface area contributed by atoms with E-state index in [9.17, 15) is 26.4 Å². The number of aryl methyl sites for hydroxylation is 1. The minimum absolute atomic E-state index is 0.0500. The number of benzene rings is 1. The lowest BCUT2D eigenvalue weighted by molar-refractivity contribution is -0.137. The molecule has 174 valence electrons. The first kappa shape index (κ1) is 25.3. The second-order valence-corrected chi connectivity index (χ2v) is 8.91. The maximum absolute atomic E-state index is 12.8. The van der Waals surface area contributed by atoms with Gasteiger partial charge in [0.05, 0.1) is 16.0 Å². The van der Waals surface area contributed by atoms with Crippen molar-refractivity contribution in [3.05, 3.63) is 59.4 Å². The van der Waals surface area contributed by atoms with Crippen LogP contribution in [0.4, 0.5) is 13.2 Å². The lowest BCUT2D eigenvalue weighted by atomic mass is 10.1. The highest BCUT2D eigenvalue weighted by molar-refractivity contribution is 7.89. The maximum Gasteiger partial charge on any atom is 0.416 e. The van der Waals surface area contributed by atoms with Gasteiger partial charge in [-0.3, -0.25) is 14.6 Å². The average Bonchev–Trinajstić information content (AvgIpc) is 2.73. The number of carbonyl (C=O) groups is 2. The molecule has 12 heteroatoms. The summed E-state index contributed by atoms with van der Waals surface area (Å²) < 4.78 is 65.0. The molecule has 8 nitrogen and oxygen atoms in total. The van der Waals surface area contributed by atoms with Gasteiger partial charge in [-0.15, -0.1) is 0 Å². The molecule has 0 spiro atoms. The van der Waals surface area contributed by atoms with Gasteiger partial charge in [0, 0.05) is 37.6 Å². The molecule has 2 aromatic rings. The van der Waals surface area contributed by atoms with Crippen LogP contribution in [0.2, 0.25) is 0 Å². The number of nitrogens with zero attached hydrogens (tertiary/aromatic N) is 3. The molecule has 1 fully saturated rings. The van der Waals surface area contributed by atoms with Gasteiger partial charge in [-0.05, 0) is 50.2 Å². The van der Waals surface area contributed by atoms with Crippen molar-refractivity contribution in [2.24, 2.45) is 0 Å². The number of amides is 1. The summed E-state index contributed by atoms with van der Waals surface area (Å²) in [5.41, 5.74) is 0.134. The van der Waals surface area contributed by atoms with Crippen LogP contribution in [0.5, 0.6) is 0 Å². The molecule has 0 radical (unpaired) electrons. The summed E-state index contributed by atoms with van der Waals surface area (Å²) in [7, 11) is -3.96. The number of sulfonamides is 1. The van der Waals surface area contributed by atoms with Crippen LogP contribution < -0.4 is 0 Å². The van der Waals surface area contributed by atoms with Crippen molar-refractivity contribution < 1.29 is 36.3 Å². The number of rotatable bonds is 3. The lowest BCUT2D eigenvalue weighted by Crippen LogP contribution is -2.55. The lowest BCUT2D eigenvalue weighted by Gasteiger charge is -2.39. The number of piperazine rings is 1. The third-order valence-corrected chi connectivity index (χ3v) is 6.79. The van der Waals surface area contributed by atoms with Crippen molar-refractivity contribution in [1.82, 2.24) is 14.2 Å². The normalized spacial score (nSPS) is 17.3.